The molecule has 0 bridgehead atoms. The van der Waals surface area contributed by atoms with Gasteiger partial charge >= 0.3 is 0 Å². The number of hydrogen-bond acceptors (Lipinski definition) is 4. The molecule has 0 aromatic carbocycles. The fourth-order valence-corrected chi connectivity index (χ4v) is 2.91. The predicted molar refractivity (Wildman–Crippen MR) is 76.1 cm³/mol. The average molecular weight is 266 g/mol. The standard InChI is InChI=1S/C14H26N4O/c1-5-15-13(12-6-7-16-17(12)4)14(2,3)18-8-10-19-11-9-18/h6-7,13,15H,5,8-11H2,1-4H3. The van der Waals surface area contributed by atoms with E-state index in [1.807, 2.05) is 17.9 Å². The minimum Gasteiger partial charge on any atom is -0.379 e. The van der Waals surface area contributed by atoms with E-state index in [2.05, 4.69) is 42.2 Å². The molecule has 1 atom stereocenters. The summed E-state index contributed by atoms with van der Waals surface area (Å²) < 4.78 is 7.44. The summed E-state index contributed by atoms with van der Waals surface area (Å²) in [6, 6.07) is 2.37. The molecule has 1 N–H and O–H groups in total. The minimum absolute atomic E-state index is 0.0353. The fourth-order valence-electron chi connectivity index (χ4n) is 2.91. The summed E-state index contributed by atoms with van der Waals surface area (Å²) in [6.07, 6.45) is 1.87. The summed E-state index contributed by atoms with van der Waals surface area (Å²) in [7, 11) is 2.01. The van der Waals surface area contributed by atoms with Crippen LogP contribution in [0.2, 0.25) is 0 Å². The van der Waals surface area contributed by atoms with Gasteiger partial charge in [-0.1, -0.05) is 6.92 Å². The summed E-state index contributed by atoms with van der Waals surface area (Å²) in [4.78, 5) is 2.51. The van der Waals surface area contributed by atoms with Crippen molar-refractivity contribution >= 4 is 0 Å². The zero-order chi connectivity index (χ0) is 13.9. The van der Waals surface area contributed by atoms with Crippen LogP contribution in [0, 0.1) is 0 Å². The zero-order valence-corrected chi connectivity index (χ0v) is 12.5. The lowest BCUT2D eigenvalue weighted by molar-refractivity contribution is -0.0246. The maximum Gasteiger partial charge on any atom is 0.0673 e. The van der Waals surface area contributed by atoms with Crippen LogP contribution in [-0.2, 0) is 11.8 Å². The van der Waals surface area contributed by atoms with Crippen LogP contribution in [0.5, 0.6) is 0 Å². The maximum atomic E-state index is 5.47. The van der Waals surface area contributed by atoms with Gasteiger partial charge in [0.25, 0.3) is 0 Å². The molecule has 0 radical (unpaired) electrons. The molecule has 5 nitrogen and oxygen atoms in total. The molecule has 1 saturated heterocycles. The summed E-state index contributed by atoms with van der Waals surface area (Å²) >= 11 is 0. The summed E-state index contributed by atoms with van der Waals surface area (Å²) in [5, 5.41) is 7.93. The van der Waals surface area contributed by atoms with Crippen molar-refractivity contribution in [1.82, 2.24) is 20.0 Å². The SMILES string of the molecule is CCNC(c1ccnn1C)C(C)(C)N1CCOCC1. The highest BCUT2D eigenvalue weighted by Crippen LogP contribution is 2.31. The van der Waals surface area contributed by atoms with E-state index >= 15 is 0 Å². The summed E-state index contributed by atoms with van der Waals surface area (Å²) in [5.74, 6) is 0. The Balaban J connectivity index is 2.24. The summed E-state index contributed by atoms with van der Waals surface area (Å²) in [5.41, 5.74) is 1.27. The molecule has 108 valence electrons. The molecule has 0 amide bonds. The molecule has 1 aliphatic heterocycles. The van der Waals surface area contributed by atoms with Gasteiger partial charge in [-0.15, -0.1) is 0 Å². The lowest BCUT2D eigenvalue weighted by atomic mass is 9.89. The maximum absolute atomic E-state index is 5.47. The van der Waals surface area contributed by atoms with E-state index in [0.29, 0.717) is 0 Å². The predicted octanol–water partition coefficient (Wildman–Crippen LogP) is 1.18. The van der Waals surface area contributed by atoms with Crippen molar-refractivity contribution in [3.63, 3.8) is 0 Å². The first kappa shape index (κ1) is 14.5. The number of nitrogens with zero attached hydrogens (tertiary/aromatic N) is 3. The van der Waals surface area contributed by atoms with Gasteiger partial charge in [-0.05, 0) is 26.5 Å². The minimum atomic E-state index is 0.0353. The second kappa shape index (κ2) is 6.03. The zero-order valence-electron chi connectivity index (χ0n) is 12.5. The quantitative estimate of drug-likeness (QED) is 0.869. The van der Waals surface area contributed by atoms with Gasteiger partial charge in [-0.2, -0.15) is 5.10 Å². The first-order valence-electron chi connectivity index (χ1n) is 7.11. The average Bonchev–Trinajstić information content (AvgIpc) is 2.83. The fraction of sp³-hybridized carbons (Fsp3) is 0.786. The Hall–Kier alpha value is -0.910. The Labute approximate surface area is 115 Å². The molecule has 0 spiro atoms. The Morgan fingerprint density at radius 1 is 1.42 bits per heavy atom. The first-order chi connectivity index (χ1) is 9.07. The molecule has 2 heterocycles. The van der Waals surface area contributed by atoms with Gasteiger partial charge in [0.05, 0.1) is 24.9 Å². The van der Waals surface area contributed by atoms with E-state index in [0.717, 1.165) is 32.8 Å². The van der Waals surface area contributed by atoms with Gasteiger partial charge in [0.1, 0.15) is 0 Å². The smallest absolute Gasteiger partial charge is 0.0673 e. The Morgan fingerprint density at radius 2 is 2.11 bits per heavy atom. The van der Waals surface area contributed by atoms with Gasteiger partial charge < -0.3 is 10.1 Å². The molecule has 1 fully saturated rings. The number of likely N-dealkylation sites (N-methyl/N-ethyl adjacent to an activating group) is 1. The van der Waals surface area contributed by atoms with Crippen LogP contribution in [-0.4, -0.2) is 53.1 Å². The van der Waals surface area contributed by atoms with E-state index in [1.54, 1.807) is 0 Å². The lowest BCUT2D eigenvalue weighted by Gasteiger charge is -2.46. The first-order valence-corrected chi connectivity index (χ1v) is 7.11. The third kappa shape index (κ3) is 2.99. The van der Waals surface area contributed by atoms with Crippen molar-refractivity contribution in [1.29, 1.82) is 0 Å². The third-order valence-corrected chi connectivity index (χ3v) is 4.10. The van der Waals surface area contributed by atoms with Crippen molar-refractivity contribution in [3.05, 3.63) is 18.0 Å². The van der Waals surface area contributed by atoms with Gasteiger partial charge in [0, 0.05) is 31.9 Å². The van der Waals surface area contributed by atoms with Gasteiger partial charge in [-0.3, -0.25) is 9.58 Å². The highest BCUT2D eigenvalue weighted by molar-refractivity contribution is 5.13. The second-order valence-corrected chi connectivity index (χ2v) is 5.62. The monoisotopic (exact) mass is 266 g/mol. The van der Waals surface area contributed by atoms with E-state index in [-0.39, 0.29) is 11.6 Å². The van der Waals surface area contributed by atoms with Crippen LogP contribution < -0.4 is 5.32 Å². The number of nitrogens with one attached hydrogen (secondary N) is 1. The van der Waals surface area contributed by atoms with Gasteiger partial charge in [0.2, 0.25) is 0 Å². The van der Waals surface area contributed by atoms with Crippen molar-refractivity contribution in [2.24, 2.45) is 7.05 Å². The van der Waals surface area contributed by atoms with Crippen molar-refractivity contribution in [2.75, 3.05) is 32.8 Å². The van der Waals surface area contributed by atoms with Crippen LogP contribution in [0.3, 0.4) is 0 Å². The Bertz CT molecular complexity index is 396. The van der Waals surface area contributed by atoms with E-state index in [4.69, 9.17) is 4.74 Å². The summed E-state index contributed by atoms with van der Waals surface area (Å²) in [6.45, 7) is 11.3. The molecule has 1 aromatic rings. The third-order valence-electron chi connectivity index (χ3n) is 4.10. The number of aryl methyl sites for hydroxylation is 1. The van der Waals surface area contributed by atoms with E-state index in [9.17, 15) is 0 Å². The van der Waals surface area contributed by atoms with Crippen LogP contribution in [0.4, 0.5) is 0 Å². The molecule has 19 heavy (non-hydrogen) atoms. The van der Waals surface area contributed by atoms with Crippen molar-refractivity contribution in [2.45, 2.75) is 32.4 Å². The van der Waals surface area contributed by atoms with Crippen LogP contribution >= 0.6 is 0 Å². The lowest BCUT2D eigenvalue weighted by Crippen LogP contribution is -2.56. The number of rotatable bonds is 5. The Kier molecular flexibility index (Phi) is 4.60. The number of ether oxygens (including phenoxy) is 1. The topological polar surface area (TPSA) is 42.3 Å². The molecule has 0 saturated carbocycles. The number of aromatic nitrogens is 2. The highest BCUT2D eigenvalue weighted by Gasteiger charge is 2.37. The number of hydrogen-bond donors (Lipinski definition) is 1. The molecule has 1 unspecified atom stereocenters. The van der Waals surface area contributed by atoms with Gasteiger partial charge in [0.15, 0.2) is 0 Å². The molecular weight excluding hydrogens is 240 g/mol. The largest absolute Gasteiger partial charge is 0.379 e. The Morgan fingerprint density at radius 3 is 2.63 bits per heavy atom. The second-order valence-electron chi connectivity index (χ2n) is 5.62. The van der Waals surface area contributed by atoms with E-state index < -0.39 is 0 Å². The van der Waals surface area contributed by atoms with Crippen LogP contribution in [0.1, 0.15) is 32.5 Å². The molecule has 5 heteroatoms. The van der Waals surface area contributed by atoms with Crippen LogP contribution in [0.25, 0.3) is 0 Å². The number of morpholine rings is 1. The van der Waals surface area contributed by atoms with Crippen molar-refractivity contribution < 1.29 is 4.74 Å². The van der Waals surface area contributed by atoms with Crippen LogP contribution in [0.15, 0.2) is 12.3 Å². The normalized spacial score (nSPS) is 19.6. The van der Waals surface area contributed by atoms with Crippen molar-refractivity contribution in [3.8, 4) is 0 Å². The molecule has 1 aliphatic rings. The molecule has 0 aliphatic carbocycles. The van der Waals surface area contributed by atoms with Gasteiger partial charge in [-0.25, -0.2) is 0 Å². The molecule has 2 rings (SSSR count). The highest BCUT2D eigenvalue weighted by atomic mass is 16.5. The molecular formula is C14H26N4O. The van der Waals surface area contributed by atoms with E-state index in [1.165, 1.54) is 5.69 Å². The molecule has 1 aromatic heterocycles.